The van der Waals surface area contributed by atoms with Crippen LogP contribution in [0.2, 0.25) is 0 Å². The van der Waals surface area contributed by atoms with E-state index in [0.717, 1.165) is 63.4 Å². The Morgan fingerprint density at radius 3 is 2.15 bits per heavy atom. The molecule has 6 aliphatic rings. The van der Waals surface area contributed by atoms with Gasteiger partial charge in [-0.2, -0.15) is 0 Å². The van der Waals surface area contributed by atoms with Gasteiger partial charge >= 0.3 is 11.9 Å². The Kier molecular flexibility index (Phi) is 9.80. The number of carbonyl (C=O) groups is 4. The molecule has 0 aromatic rings. The number of rotatable bonds is 9. The number of carboxylic acid groups (broad SMARTS) is 1. The molecule has 0 aromatic heterocycles. The van der Waals surface area contributed by atoms with Crippen LogP contribution in [0.5, 0.6) is 0 Å². The van der Waals surface area contributed by atoms with E-state index in [1.807, 2.05) is 13.8 Å². The fourth-order valence-corrected chi connectivity index (χ4v) is 14.0. The first kappa shape index (κ1) is 39.8. The molecular formula is C43H67ClN2O6. The highest BCUT2D eigenvalue weighted by atomic mass is 35.5. The molecule has 5 fully saturated rings. The minimum atomic E-state index is -0.881. The second-order valence-electron chi connectivity index (χ2n) is 21.0. The molecule has 0 radical (unpaired) electrons. The lowest BCUT2D eigenvalue weighted by molar-refractivity contribution is -0.236. The number of aliphatic carboxylic acids is 1. The van der Waals surface area contributed by atoms with Gasteiger partial charge in [0.05, 0.1) is 11.8 Å². The summed E-state index contributed by atoms with van der Waals surface area (Å²) in [6.07, 6.45) is 9.80. The highest BCUT2D eigenvalue weighted by Gasteiger charge is 2.70. The van der Waals surface area contributed by atoms with Gasteiger partial charge in [0.15, 0.2) is 5.78 Å². The number of halogens is 1. The van der Waals surface area contributed by atoms with Crippen molar-refractivity contribution in [1.29, 1.82) is 0 Å². The molecule has 9 heteroatoms. The molecule has 52 heavy (non-hydrogen) atoms. The monoisotopic (exact) mass is 742 g/mol. The van der Waals surface area contributed by atoms with Crippen LogP contribution < -0.4 is 10.2 Å². The zero-order valence-corrected chi connectivity index (χ0v) is 34.6. The summed E-state index contributed by atoms with van der Waals surface area (Å²) in [7, 11) is 0. The second-order valence-corrected chi connectivity index (χ2v) is 21.2. The third-order valence-electron chi connectivity index (χ3n) is 17.3. The SMILES string of the molecule is CC(C)C1=C2[C@H]3CC[C@@H]4[C@@]5(C)CC[C@H](OC(=O)[C@H]6C[C@@H](C(=O)O)C6(C)C)C(C)(C)[C@@H]5CC[C@@]4(C)[C@]3(C)CC[C@@]2(CCNC(=O)C(C)(C)NCl)CC1=O. The van der Waals surface area contributed by atoms with Crippen molar-refractivity contribution in [3.63, 3.8) is 0 Å². The number of hydrogen-bond donors (Lipinski definition) is 3. The Morgan fingerprint density at radius 2 is 1.56 bits per heavy atom. The number of allylic oxidation sites excluding steroid dienone is 2. The summed E-state index contributed by atoms with van der Waals surface area (Å²) in [4.78, 5) is 54.8. The normalized spacial score (nSPS) is 42.0. The van der Waals surface area contributed by atoms with Crippen LogP contribution in [0.3, 0.4) is 0 Å². The van der Waals surface area contributed by atoms with Crippen molar-refractivity contribution in [2.75, 3.05) is 6.54 Å². The van der Waals surface area contributed by atoms with E-state index < -0.39 is 22.8 Å². The molecule has 0 saturated heterocycles. The van der Waals surface area contributed by atoms with Crippen LogP contribution in [0.1, 0.15) is 147 Å². The maximum atomic E-state index is 14.0. The third-order valence-corrected chi connectivity index (χ3v) is 17.8. The first-order valence-electron chi connectivity index (χ1n) is 20.3. The quantitative estimate of drug-likeness (QED) is 0.160. The highest BCUT2D eigenvalue weighted by molar-refractivity contribution is 6.15. The van der Waals surface area contributed by atoms with Crippen LogP contribution in [-0.4, -0.2) is 46.9 Å². The van der Waals surface area contributed by atoms with Crippen LogP contribution in [0.15, 0.2) is 11.1 Å². The van der Waals surface area contributed by atoms with Crippen molar-refractivity contribution in [2.45, 2.75) is 158 Å². The summed E-state index contributed by atoms with van der Waals surface area (Å²) in [5, 5.41) is 12.8. The number of Topliss-reactive ketones (excluding diaryl/α,β-unsaturated/α-hetero) is 1. The van der Waals surface area contributed by atoms with Crippen molar-refractivity contribution in [2.24, 2.45) is 68.0 Å². The lowest BCUT2D eigenvalue weighted by Crippen LogP contribution is -2.66. The Hall–Kier alpha value is -1.93. The van der Waals surface area contributed by atoms with E-state index in [2.05, 4.69) is 58.6 Å². The lowest BCUT2D eigenvalue weighted by atomic mass is 9.33. The van der Waals surface area contributed by atoms with Crippen molar-refractivity contribution in [3.8, 4) is 0 Å². The molecule has 6 aliphatic carbocycles. The van der Waals surface area contributed by atoms with Crippen LogP contribution >= 0.6 is 11.8 Å². The van der Waals surface area contributed by atoms with Gasteiger partial charge in [-0.25, -0.2) is 4.84 Å². The summed E-state index contributed by atoms with van der Waals surface area (Å²) in [5.74, 6) is -0.323. The van der Waals surface area contributed by atoms with Crippen LogP contribution in [0.4, 0.5) is 0 Å². The van der Waals surface area contributed by atoms with E-state index in [1.165, 1.54) is 5.57 Å². The number of ether oxygens (including phenoxy) is 1. The smallest absolute Gasteiger partial charge is 0.309 e. The van der Waals surface area contributed by atoms with Crippen LogP contribution in [0.25, 0.3) is 0 Å². The molecular weight excluding hydrogens is 676 g/mol. The van der Waals surface area contributed by atoms with Gasteiger partial charge < -0.3 is 15.2 Å². The van der Waals surface area contributed by atoms with E-state index in [9.17, 15) is 24.3 Å². The summed E-state index contributed by atoms with van der Waals surface area (Å²) >= 11 is 5.87. The van der Waals surface area contributed by atoms with E-state index >= 15 is 0 Å². The first-order chi connectivity index (χ1) is 23.9. The Bertz CT molecular complexity index is 1550. The van der Waals surface area contributed by atoms with E-state index in [0.29, 0.717) is 42.9 Å². The molecule has 0 unspecified atom stereocenters. The summed E-state index contributed by atoms with van der Waals surface area (Å²) in [5.41, 5.74) is 0.847. The highest BCUT2D eigenvalue weighted by Crippen LogP contribution is 2.77. The molecule has 1 amide bonds. The average molecular weight is 743 g/mol. The number of esters is 1. The number of hydrogen-bond acceptors (Lipinski definition) is 6. The minimum absolute atomic E-state index is 0.0468. The topological polar surface area (TPSA) is 122 Å². The van der Waals surface area contributed by atoms with Crippen molar-refractivity contribution in [3.05, 3.63) is 11.1 Å². The van der Waals surface area contributed by atoms with E-state index in [1.54, 1.807) is 13.8 Å². The number of fused-ring (bicyclic) bond motifs is 7. The van der Waals surface area contributed by atoms with Crippen molar-refractivity contribution >= 4 is 35.4 Å². The molecule has 0 heterocycles. The predicted molar refractivity (Wildman–Crippen MR) is 203 cm³/mol. The maximum absolute atomic E-state index is 14.0. The van der Waals surface area contributed by atoms with Crippen molar-refractivity contribution in [1.82, 2.24) is 10.2 Å². The Labute approximate surface area is 317 Å². The number of amides is 1. The summed E-state index contributed by atoms with van der Waals surface area (Å²) in [6, 6.07) is 0. The van der Waals surface area contributed by atoms with Gasteiger partial charge in [-0.1, -0.05) is 67.9 Å². The van der Waals surface area contributed by atoms with Crippen molar-refractivity contribution < 1.29 is 29.0 Å². The fourth-order valence-electron chi connectivity index (χ4n) is 13.9. The number of carboxylic acids is 1. The molecule has 292 valence electrons. The molecule has 5 saturated carbocycles. The largest absolute Gasteiger partial charge is 0.481 e. The van der Waals surface area contributed by atoms with Gasteiger partial charge in [0.2, 0.25) is 5.91 Å². The second kappa shape index (κ2) is 12.8. The minimum Gasteiger partial charge on any atom is -0.481 e. The molecule has 6 rings (SSSR count). The van der Waals surface area contributed by atoms with Crippen LogP contribution in [-0.2, 0) is 23.9 Å². The standard InChI is InChI=1S/C43H67ClN2O6/c1-24(2)32-28(47)23-43(20-21-45-36(51)39(7,8)46-44)19-18-41(10)25(33(32)43)12-13-30-40(9)16-15-31(38(5,6)29(40)14-17-42(30,41)11)52-35(50)27-22-26(34(48)49)37(27,3)4/h24-27,29-31,46H,12-23H2,1-11H3,(H,45,51)(H,48,49)/t25-,26+,27-,29+,30-,31+,40+,41-,42-,43-/m1/s1. The molecule has 3 N–H and O–H groups in total. The molecule has 10 atom stereocenters. The van der Waals surface area contributed by atoms with Gasteiger partial charge in [-0.3, -0.25) is 19.2 Å². The molecule has 0 aliphatic heterocycles. The zero-order valence-electron chi connectivity index (χ0n) is 33.9. The zero-order chi connectivity index (χ0) is 38.6. The number of carbonyl (C=O) groups excluding carboxylic acids is 3. The first-order valence-corrected chi connectivity index (χ1v) is 20.7. The summed E-state index contributed by atoms with van der Waals surface area (Å²) < 4.78 is 6.40. The van der Waals surface area contributed by atoms with Gasteiger partial charge in [-0.15, -0.1) is 0 Å². The van der Waals surface area contributed by atoms with Gasteiger partial charge in [0, 0.05) is 23.8 Å². The van der Waals surface area contributed by atoms with Gasteiger partial charge in [-0.05, 0) is 141 Å². The van der Waals surface area contributed by atoms with Crippen LogP contribution in [0, 0.1) is 68.0 Å². The molecule has 0 spiro atoms. The van der Waals surface area contributed by atoms with E-state index in [-0.39, 0.29) is 56.9 Å². The molecule has 0 bridgehead atoms. The van der Waals surface area contributed by atoms with E-state index in [4.69, 9.17) is 16.5 Å². The molecule has 0 aromatic carbocycles. The lowest BCUT2D eigenvalue weighted by Gasteiger charge is -2.72. The Balaban J connectivity index is 1.24. The Morgan fingerprint density at radius 1 is 0.885 bits per heavy atom. The third kappa shape index (κ3) is 5.59. The number of nitrogens with one attached hydrogen (secondary N) is 2. The molecule has 8 nitrogen and oxygen atoms in total. The predicted octanol–water partition coefficient (Wildman–Crippen LogP) is 8.65. The fraction of sp³-hybridized carbons (Fsp3) is 0.860. The van der Waals surface area contributed by atoms with Gasteiger partial charge in [0.1, 0.15) is 11.6 Å². The summed E-state index contributed by atoms with van der Waals surface area (Å²) in [6.45, 7) is 24.5. The average Bonchev–Trinajstić information content (AvgIpc) is 3.34. The maximum Gasteiger partial charge on any atom is 0.309 e. The van der Waals surface area contributed by atoms with Gasteiger partial charge in [0.25, 0.3) is 0 Å². The number of ketones is 1.